The van der Waals surface area contributed by atoms with Crippen LogP contribution in [0.5, 0.6) is 0 Å². The second-order valence-electron chi connectivity index (χ2n) is 5.06. The molecule has 1 aliphatic heterocycles. The number of nitrogens with zero attached hydrogens (tertiary/aromatic N) is 2. The number of aromatic nitrogens is 1. The number of hydrogen-bond donors (Lipinski definition) is 1. The summed E-state index contributed by atoms with van der Waals surface area (Å²) in [4.78, 5) is 18.6. The van der Waals surface area contributed by atoms with E-state index in [2.05, 4.69) is 21.3 Å². The van der Waals surface area contributed by atoms with Crippen LogP contribution >= 0.6 is 11.3 Å². The molecule has 0 saturated carbocycles. The molecule has 2 heterocycles. The van der Waals surface area contributed by atoms with Gasteiger partial charge in [-0.2, -0.15) is 0 Å². The quantitative estimate of drug-likeness (QED) is 0.904. The lowest BCUT2D eigenvalue weighted by Gasteiger charge is -2.25. The highest BCUT2D eigenvalue weighted by molar-refractivity contribution is 7.18. The number of hydrogen-bond acceptors (Lipinski definition) is 5. The number of carbonyl (C=O) groups is 1. The number of amides is 1. The summed E-state index contributed by atoms with van der Waals surface area (Å²) in [5.74, 6) is 0.0815. The van der Waals surface area contributed by atoms with Gasteiger partial charge in [0, 0.05) is 26.1 Å². The molecule has 5 nitrogen and oxygen atoms in total. The van der Waals surface area contributed by atoms with Crippen LogP contribution in [-0.4, -0.2) is 55.2 Å². The van der Waals surface area contributed by atoms with Crippen molar-refractivity contribution in [2.75, 3.05) is 39.4 Å². The van der Waals surface area contributed by atoms with Crippen LogP contribution in [0, 0.1) is 0 Å². The second-order valence-corrected chi connectivity index (χ2v) is 6.18. The SMILES string of the molecule is O=C(CN1CCOCC1)NCCc1nc2ccccc2s1. The average molecular weight is 305 g/mol. The van der Waals surface area contributed by atoms with Crippen LogP contribution in [0.1, 0.15) is 5.01 Å². The lowest BCUT2D eigenvalue weighted by Crippen LogP contribution is -2.43. The zero-order chi connectivity index (χ0) is 14.5. The van der Waals surface area contributed by atoms with Crippen molar-refractivity contribution in [3.05, 3.63) is 29.3 Å². The highest BCUT2D eigenvalue weighted by Gasteiger charge is 2.13. The summed E-state index contributed by atoms with van der Waals surface area (Å²) >= 11 is 1.70. The fraction of sp³-hybridized carbons (Fsp3) is 0.467. The number of benzene rings is 1. The largest absolute Gasteiger partial charge is 0.379 e. The fourth-order valence-electron chi connectivity index (χ4n) is 2.35. The van der Waals surface area contributed by atoms with Crippen LogP contribution in [0.4, 0.5) is 0 Å². The Balaban J connectivity index is 1.43. The third kappa shape index (κ3) is 4.00. The van der Waals surface area contributed by atoms with Crippen LogP contribution in [0.3, 0.4) is 0 Å². The Kier molecular flexibility index (Phi) is 4.80. The van der Waals surface area contributed by atoms with Crippen LogP contribution < -0.4 is 5.32 Å². The maximum Gasteiger partial charge on any atom is 0.234 e. The molecule has 0 atom stereocenters. The monoisotopic (exact) mass is 305 g/mol. The molecule has 0 aliphatic carbocycles. The Hall–Kier alpha value is -1.50. The van der Waals surface area contributed by atoms with E-state index in [1.54, 1.807) is 11.3 Å². The molecule has 2 aromatic rings. The Morgan fingerprint density at radius 1 is 1.33 bits per heavy atom. The van der Waals surface area contributed by atoms with Crippen LogP contribution in [0.25, 0.3) is 10.2 Å². The molecular weight excluding hydrogens is 286 g/mol. The van der Waals surface area contributed by atoms with Gasteiger partial charge in [-0.3, -0.25) is 9.69 Å². The predicted molar refractivity (Wildman–Crippen MR) is 83.6 cm³/mol. The standard InChI is InChI=1S/C15H19N3O2S/c19-14(11-18-7-9-20-10-8-18)16-6-5-15-17-12-3-1-2-4-13(12)21-15/h1-4H,5-11H2,(H,16,19). The number of rotatable bonds is 5. The second kappa shape index (κ2) is 6.98. The van der Waals surface area contributed by atoms with Gasteiger partial charge < -0.3 is 10.1 Å². The van der Waals surface area contributed by atoms with E-state index in [-0.39, 0.29) is 5.91 Å². The van der Waals surface area contributed by atoms with E-state index in [1.165, 1.54) is 4.70 Å². The maximum absolute atomic E-state index is 11.9. The first-order valence-electron chi connectivity index (χ1n) is 7.22. The normalized spacial score (nSPS) is 16.2. The van der Waals surface area contributed by atoms with Crippen LogP contribution in [0.2, 0.25) is 0 Å². The third-order valence-corrected chi connectivity index (χ3v) is 4.57. The molecule has 0 bridgehead atoms. The summed E-state index contributed by atoms with van der Waals surface area (Å²) in [7, 11) is 0. The molecule has 1 amide bonds. The smallest absolute Gasteiger partial charge is 0.234 e. The number of thiazole rings is 1. The van der Waals surface area contributed by atoms with E-state index in [0.29, 0.717) is 13.1 Å². The molecule has 6 heteroatoms. The third-order valence-electron chi connectivity index (χ3n) is 3.47. The van der Waals surface area contributed by atoms with Crippen LogP contribution in [0.15, 0.2) is 24.3 Å². The number of ether oxygens (including phenoxy) is 1. The molecule has 0 radical (unpaired) electrons. The minimum atomic E-state index is 0.0815. The minimum Gasteiger partial charge on any atom is -0.379 e. The Bertz CT molecular complexity index is 575. The molecular formula is C15H19N3O2S. The number of carbonyl (C=O) groups excluding carboxylic acids is 1. The summed E-state index contributed by atoms with van der Waals surface area (Å²) in [5, 5.41) is 4.04. The van der Waals surface area contributed by atoms with Crippen LogP contribution in [-0.2, 0) is 16.0 Å². The highest BCUT2D eigenvalue weighted by atomic mass is 32.1. The van der Waals surface area contributed by atoms with Gasteiger partial charge in [0.15, 0.2) is 0 Å². The molecule has 3 rings (SSSR count). The molecule has 0 spiro atoms. The van der Waals surface area contributed by atoms with Gasteiger partial charge in [0.1, 0.15) is 0 Å². The fourth-order valence-corrected chi connectivity index (χ4v) is 3.32. The lowest BCUT2D eigenvalue weighted by atomic mass is 10.3. The summed E-state index contributed by atoms with van der Waals surface area (Å²) in [6.45, 7) is 4.22. The zero-order valence-electron chi connectivity index (χ0n) is 11.9. The first-order valence-corrected chi connectivity index (χ1v) is 8.04. The highest BCUT2D eigenvalue weighted by Crippen LogP contribution is 2.21. The Labute approximate surface area is 127 Å². The van der Waals surface area contributed by atoms with E-state index in [0.717, 1.165) is 43.2 Å². The molecule has 1 N–H and O–H groups in total. The molecule has 112 valence electrons. The number of para-hydroxylation sites is 1. The topological polar surface area (TPSA) is 54.5 Å². The Morgan fingerprint density at radius 3 is 2.95 bits per heavy atom. The van der Waals surface area contributed by atoms with Gasteiger partial charge in [0.25, 0.3) is 0 Å². The van der Waals surface area contributed by atoms with Gasteiger partial charge >= 0.3 is 0 Å². The average Bonchev–Trinajstić information content (AvgIpc) is 2.91. The maximum atomic E-state index is 11.9. The van der Waals surface area contributed by atoms with Crippen molar-refractivity contribution in [2.45, 2.75) is 6.42 Å². The number of nitrogens with one attached hydrogen (secondary N) is 1. The summed E-state index contributed by atoms with van der Waals surface area (Å²) in [6, 6.07) is 8.12. The van der Waals surface area contributed by atoms with E-state index in [1.807, 2.05) is 18.2 Å². The van der Waals surface area contributed by atoms with Crippen molar-refractivity contribution in [1.29, 1.82) is 0 Å². The number of fused-ring (bicyclic) bond motifs is 1. The van der Waals surface area contributed by atoms with Crippen molar-refractivity contribution in [2.24, 2.45) is 0 Å². The summed E-state index contributed by atoms with van der Waals surface area (Å²) < 4.78 is 6.47. The first-order chi connectivity index (χ1) is 10.3. The zero-order valence-corrected chi connectivity index (χ0v) is 12.7. The molecule has 21 heavy (non-hydrogen) atoms. The molecule has 1 aromatic carbocycles. The minimum absolute atomic E-state index is 0.0815. The van der Waals surface area contributed by atoms with E-state index >= 15 is 0 Å². The van der Waals surface area contributed by atoms with Gasteiger partial charge in [-0.15, -0.1) is 11.3 Å². The van der Waals surface area contributed by atoms with Gasteiger partial charge in [0.2, 0.25) is 5.91 Å². The van der Waals surface area contributed by atoms with Gasteiger partial charge in [-0.25, -0.2) is 4.98 Å². The lowest BCUT2D eigenvalue weighted by molar-refractivity contribution is -0.123. The van der Waals surface area contributed by atoms with Gasteiger partial charge in [-0.05, 0) is 12.1 Å². The molecule has 1 aliphatic rings. The van der Waals surface area contributed by atoms with E-state index < -0.39 is 0 Å². The van der Waals surface area contributed by atoms with E-state index in [9.17, 15) is 4.79 Å². The molecule has 1 saturated heterocycles. The number of morpholine rings is 1. The Morgan fingerprint density at radius 2 is 2.14 bits per heavy atom. The van der Waals surface area contributed by atoms with Crippen molar-refractivity contribution >= 4 is 27.5 Å². The summed E-state index contributed by atoms with van der Waals surface area (Å²) in [6.07, 6.45) is 0.786. The van der Waals surface area contributed by atoms with Crippen molar-refractivity contribution in [1.82, 2.24) is 15.2 Å². The van der Waals surface area contributed by atoms with E-state index in [4.69, 9.17) is 4.74 Å². The molecule has 1 aromatic heterocycles. The summed E-state index contributed by atoms with van der Waals surface area (Å²) in [5.41, 5.74) is 1.04. The van der Waals surface area contributed by atoms with Gasteiger partial charge in [0.05, 0.1) is 35.0 Å². The van der Waals surface area contributed by atoms with Crippen molar-refractivity contribution in [3.8, 4) is 0 Å². The molecule has 0 unspecified atom stereocenters. The first kappa shape index (κ1) is 14.4. The molecule has 1 fully saturated rings. The van der Waals surface area contributed by atoms with Crippen molar-refractivity contribution < 1.29 is 9.53 Å². The predicted octanol–water partition coefficient (Wildman–Crippen LogP) is 1.29. The van der Waals surface area contributed by atoms with Crippen molar-refractivity contribution in [3.63, 3.8) is 0 Å². The van der Waals surface area contributed by atoms with Gasteiger partial charge in [-0.1, -0.05) is 12.1 Å².